The summed E-state index contributed by atoms with van der Waals surface area (Å²) < 4.78 is 5.63. The minimum atomic E-state index is -2.06. The molecular weight excluding hydrogens is 500 g/mol. The summed E-state index contributed by atoms with van der Waals surface area (Å²) in [6.45, 7) is 4.96. The maximum Gasteiger partial charge on any atom is 0.368 e. The number of phenols is 2. The molecule has 0 radical (unpaired) electrons. The predicted molar refractivity (Wildman–Crippen MR) is 141 cm³/mol. The average Bonchev–Trinajstić information content (AvgIpc) is 2.94. The van der Waals surface area contributed by atoms with Crippen LogP contribution in [-0.4, -0.2) is 27.9 Å². The first kappa shape index (κ1) is 26.8. The highest BCUT2D eigenvalue weighted by Crippen LogP contribution is 2.37. The lowest BCUT2D eigenvalue weighted by atomic mass is 9.86. The minimum Gasteiger partial charge on any atom is -0.507 e. The van der Waals surface area contributed by atoms with Gasteiger partial charge in [-0.2, -0.15) is 4.89 Å². The van der Waals surface area contributed by atoms with Crippen LogP contribution in [0.1, 0.15) is 34.0 Å². The van der Waals surface area contributed by atoms with Gasteiger partial charge < -0.3 is 14.9 Å². The van der Waals surface area contributed by atoms with Crippen molar-refractivity contribution in [1.29, 1.82) is 0 Å². The lowest BCUT2D eigenvalue weighted by Crippen LogP contribution is -2.43. The molecule has 0 heterocycles. The van der Waals surface area contributed by atoms with Gasteiger partial charge in [-0.25, -0.2) is 9.59 Å². The molecule has 0 unspecified atom stereocenters. The van der Waals surface area contributed by atoms with Gasteiger partial charge in [0.15, 0.2) is 5.78 Å². The van der Waals surface area contributed by atoms with Gasteiger partial charge in [0.05, 0.1) is 11.1 Å². The molecule has 39 heavy (non-hydrogen) atoms. The summed E-state index contributed by atoms with van der Waals surface area (Å²) in [5.41, 5.74) is -1.53. The first-order valence-corrected chi connectivity index (χ1v) is 11.8. The van der Waals surface area contributed by atoms with E-state index in [1.165, 1.54) is 31.2 Å². The zero-order valence-electron chi connectivity index (χ0n) is 20.9. The summed E-state index contributed by atoms with van der Waals surface area (Å²) in [7, 11) is 0. The number of esters is 1. The number of benzene rings is 4. The molecule has 2 N–H and O–H groups in total. The van der Waals surface area contributed by atoms with Gasteiger partial charge in [0.25, 0.3) is 5.60 Å². The van der Waals surface area contributed by atoms with E-state index in [4.69, 9.17) is 14.5 Å². The van der Waals surface area contributed by atoms with Crippen molar-refractivity contribution in [2.24, 2.45) is 0 Å². The molecule has 196 valence electrons. The Kier molecular flexibility index (Phi) is 7.88. The van der Waals surface area contributed by atoms with Crippen molar-refractivity contribution in [2.45, 2.75) is 12.5 Å². The zero-order valence-corrected chi connectivity index (χ0v) is 20.9. The van der Waals surface area contributed by atoms with Crippen molar-refractivity contribution in [3.05, 3.63) is 138 Å². The van der Waals surface area contributed by atoms with E-state index in [9.17, 15) is 24.6 Å². The summed E-state index contributed by atoms with van der Waals surface area (Å²) in [5, 5.41) is 20.6. The van der Waals surface area contributed by atoms with Gasteiger partial charge in [0.1, 0.15) is 17.2 Å². The molecule has 0 spiro atoms. The summed E-state index contributed by atoms with van der Waals surface area (Å²) in [6.07, 6.45) is 0. The van der Waals surface area contributed by atoms with E-state index in [0.717, 1.165) is 6.07 Å². The molecule has 4 aromatic rings. The van der Waals surface area contributed by atoms with Crippen molar-refractivity contribution in [1.82, 2.24) is 0 Å². The number of aromatic hydroxyl groups is 2. The highest BCUT2D eigenvalue weighted by molar-refractivity contribution is 6.12. The number of ether oxygens (including phenoxy) is 1. The first-order valence-electron chi connectivity index (χ1n) is 11.8. The summed E-state index contributed by atoms with van der Waals surface area (Å²) in [5.74, 6) is -3.33. The lowest BCUT2D eigenvalue weighted by molar-refractivity contribution is -0.318. The van der Waals surface area contributed by atoms with Gasteiger partial charge in [0, 0.05) is 22.8 Å². The van der Waals surface area contributed by atoms with E-state index >= 15 is 0 Å². The number of phenolic OH excluding ortho intramolecular Hbond substituents is 2. The fourth-order valence-electron chi connectivity index (χ4n) is 3.81. The van der Waals surface area contributed by atoms with Crippen LogP contribution in [0.15, 0.2) is 115 Å². The molecule has 0 saturated carbocycles. The van der Waals surface area contributed by atoms with Crippen LogP contribution >= 0.6 is 0 Å². The van der Waals surface area contributed by atoms with Gasteiger partial charge in [-0.1, -0.05) is 79.4 Å². The Morgan fingerprint density at radius 1 is 0.718 bits per heavy atom. The lowest BCUT2D eigenvalue weighted by Gasteiger charge is -2.30. The van der Waals surface area contributed by atoms with Gasteiger partial charge in [-0.15, -0.1) is 0 Å². The Balaban J connectivity index is 1.73. The molecule has 0 aliphatic carbocycles. The maximum atomic E-state index is 13.9. The van der Waals surface area contributed by atoms with Crippen molar-refractivity contribution in [3.63, 3.8) is 0 Å². The Morgan fingerprint density at radius 3 is 1.79 bits per heavy atom. The third-order valence-corrected chi connectivity index (χ3v) is 5.81. The van der Waals surface area contributed by atoms with E-state index in [2.05, 4.69) is 6.58 Å². The normalized spacial score (nSPS) is 10.9. The predicted octanol–water partition coefficient (Wildman–Crippen LogP) is 5.23. The van der Waals surface area contributed by atoms with E-state index in [1.54, 1.807) is 72.8 Å². The molecule has 0 aromatic heterocycles. The first-order chi connectivity index (χ1) is 18.7. The Morgan fingerprint density at radius 2 is 1.26 bits per heavy atom. The number of carbonyl (C=O) groups is 3. The molecule has 0 saturated heterocycles. The van der Waals surface area contributed by atoms with Crippen LogP contribution in [0.25, 0.3) is 0 Å². The van der Waals surface area contributed by atoms with Crippen LogP contribution in [0.5, 0.6) is 17.2 Å². The second-order valence-electron chi connectivity index (χ2n) is 8.56. The van der Waals surface area contributed by atoms with Crippen LogP contribution in [-0.2, 0) is 25.0 Å². The molecule has 0 aliphatic heterocycles. The summed E-state index contributed by atoms with van der Waals surface area (Å²) >= 11 is 0. The molecule has 0 amide bonds. The second kappa shape index (κ2) is 11.5. The zero-order chi connectivity index (χ0) is 28.0. The summed E-state index contributed by atoms with van der Waals surface area (Å²) in [6, 6.07) is 26.2. The number of ketones is 1. The quantitative estimate of drug-likeness (QED) is 0.0763. The van der Waals surface area contributed by atoms with Crippen LogP contribution in [0.4, 0.5) is 0 Å². The molecule has 0 bridgehead atoms. The van der Waals surface area contributed by atoms with E-state index in [1.807, 2.05) is 0 Å². The fraction of sp³-hybridized carbons (Fsp3) is 0.0645. The number of hydrogen-bond acceptors (Lipinski definition) is 8. The van der Waals surface area contributed by atoms with E-state index in [-0.39, 0.29) is 28.2 Å². The second-order valence-corrected chi connectivity index (χ2v) is 8.56. The largest absolute Gasteiger partial charge is 0.507 e. The standard InChI is InChI=1S/C31H24O8/c1-20(2)29(35)38-39-31(21-11-5-3-6-12-21,22-13-7-4-8-14-22)30(36)37-23-17-18-25(27(33)19-23)28(34)24-15-9-10-16-26(24)32/h3-19,32-33H,1H2,2H3. The topological polar surface area (TPSA) is 119 Å². The van der Waals surface area contributed by atoms with Crippen molar-refractivity contribution in [3.8, 4) is 17.2 Å². The summed E-state index contributed by atoms with van der Waals surface area (Å²) in [4.78, 5) is 49.6. The fourth-order valence-corrected chi connectivity index (χ4v) is 3.81. The molecule has 0 fully saturated rings. The smallest absolute Gasteiger partial charge is 0.368 e. The maximum absolute atomic E-state index is 13.9. The molecule has 8 heteroatoms. The van der Waals surface area contributed by atoms with Crippen molar-refractivity contribution >= 4 is 17.7 Å². The van der Waals surface area contributed by atoms with Crippen LogP contribution < -0.4 is 4.74 Å². The number of hydrogen-bond donors (Lipinski definition) is 2. The van der Waals surface area contributed by atoms with Gasteiger partial charge in [-0.3, -0.25) is 9.68 Å². The van der Waals surface area contributed by atoms with Gasteiger partial charge in [0.2, 0.25) is 0 Å². The highest BCUT2D eigenvalue weighted by Gasteiger charge is 2.48. The number of para-hydroxylation sites is 1. The van der Waals surface area contributed by atoms with Gasteiger partial charge in [-0.05, 0) is 31.2 Å². The van der Waals surface area contributed by atoms with Crippen molar-refractivity contribution in [2.75, 3.05) is 0 Å². The molecule has 0 atom stereocenters. The number of carbonyl (C=O) groups excluding carboxylic acids is 3. The van der Waals surface area contributed by atoms with Crippen LogP contribution in [0.3, 0.4) is 0 Å². The molecule has 4 rings (SSSR count). The molecule has 8 nitrogen and oxygen atoms in total. The SMILES string of the molecule is C=C(C)C(=O)OOC(C(=O)Oc1ccc(C(=O)c2ccccc2O)c(O)c1)(c1ccccc1)c1ccccc1. The molecule has 0 aliphatic rings. The van der Waals surface area contributed by atoms with E-state index < -0.39 is 29.1 Å². The van der Waals surface area contributed by atoms with Gasteiger partial charge >= 0.3 is 11.9 Å². The van der Waals surface area contributed by atoms with Crippen LogP contribution in [0, 0.1) is 0 Å². The average molecular weight is 525 g/mol. The highest BCUT2D eigenvalue weighted by atomic mass is 17.2. The Labute approximate surface area is 224 Å². The third-order valence-electron chi connectivity index (χ3n) is 5.81. The Bertz CT molecular complexity index is 1490. The monoisotopic (exact) mass is 524 g/mol. The third kappa shape index (κ3) is 5.56. The minimum absolute atomic E-state index is 0.00237. The van der Waals surface area contributed by atoms with Crippen molar-refractivity contribution < 1.29 is 39.1 Å². The Hall–Kier alpha value is -5.21. The molecular formula is C31H24O8. The number of rotatable bonds is 9. The molecule has 4 aromatic carbocycles. The van der Waals surface area contributed by atoms with E-state index in [0.29, 0.717) is 11.1 Å². The van der Waals surface area contributed by atoms with Crippen LogP contribution in [0.2, 0.25) is 0 Å².